The van der Waals surface area contributed by atoms with Gasteiger partial charge in [-0.2, -0.15) is 4.99 Å². The fourth-order valence-electron chi connectivity index (χ4n) is 2.49. The molecule has 3 rings (SSSR count). The van der Waals surface area contributed by atoms with Crippen LogP contribution in [0.3, 0.4) is 0 Å². The highest BCUT2D eigenvalue weighted by atomic mass is 32.1. The first-order valence-electron chi connectivity index (χ1n) is 7.52. The predicted molar refractivity (Wildman–Crippen MR) is 92.7 cm³/mol. The number of aromatic nitrogens is 1. The molecule has 0 saturated carbocycles. The molecule has 0 atom stereocenters. The smallest absolute Gasteiger partial charge is 0.279 e. The van der Waals surface area contributed by atoms with Crippen LogP contribution in [0.25, 0.3) is 10.2 Å². The van der Waals surface area contributed by atoms with Crippen LogP contribution in [-0.2, 0) is 11.3 Å². The summed E-state index contributed by atoms with van der Waals surface area (Å²) in [5, 5.41) is 0. The third-order valence-corrected chi connectivity index (χ3v) is 4.68. The van der Waals surface area contributed by atoms with Gasteiger partial charge in [-0.15, -0.1) is 0 Å². The molecule has 0 aliphatic carbocycles. The summed E-state index contributed by atoms with van der Waals surface area (Å²) in [7, 11) is 1.58. The lowest BCUT2D eigenvalue weighted by Crippen LogP contribution is -2.19. The van der Waals surface area contributed by atoms with Gasteiger partial charge in [-0.05, 0) is 31.2 Å². The van der Waals surface area contributed by atoms with E-state index in [0.29, 0.717) is 29.0 Å². The summed E-state index contributed by atoms with van der Waals surface area (Å²) in [5.74, 6) is -0.666. The Kier molecular flexibility index (Phi) is 4.87. The number of ether oxygens (including phenoxy) is 1. The third kappa shape index (κ3) is 3.29. The van der Waals surface area contributed by atoms with Crippen molar-refractivity contribution in [1.29, 1.82) is 0 Å². The predicted octanol–water partition coefficient (Wildman–Crippen LogP) is 3.54. The number of amides is 1. The molecule has 0 spiro atoms. The molecule has 1 amide bonds. The van der Waals surface area contributed by atoms with Crippen LogP contribution in [0.2, 0.25) is 0 Å². The quantitative estimate of drug-likeness (QED) is 0.727. The summed E-state index contributed by atoms with van der Waals surface area (Å²) < 4.78 is 21.8. The normalized spacial score (nSPS) is 12.0. The van der Waals surface area contributed by atoms with Crippen LogP contribution < -0.4 is 4.80 Å². The van der Waals surface area contributed by atoms with Crippen LogP contribution in [0.1, 0.15) is 15.9 Å². The lowest BCUT2D eigenvalue weighted by atomic mass is 10.1. The van der Waals surface area contributed by atoms with Crippen LogP contribution in [0.15, 0.2) is 47.5 Å². The van der Waals surface area contributed by atoms with Crippen molar-refractivity contribution < 1.29 is 13.9 Å². The number of hydrogen-bond acceptors (Lipinski definition) is 3. The van der Waals surface area contributed by atoms with Gasteiger partial charge in [-0.1, -0.05) is 35.1 Å². The minimum atomic E-state index is -0.336. The van der Waals surface area contributed by atoms with E-state index in [1.54, 1.807) is 29.9 Å². The van der Waals surface area contributed by atoms with Crippen LogP contribution in [0, 0.1) is 12.7 Å². The molecule has 124 valence electrons. The van der Waals surface area contributed by atoms with E-state index in [9.17, 15) is 9.18 Å². The van der Waals surface area contributed by atoms with Crippen molar-refractivity contribution in [3.05, 3.63) is 64.2 Å². The molecule has 0 radical (unpaired) electrons. The minimum absolute atomic E-state index is 0.329. The van der Waals surface area contributed by atoms with Gasteiger partial charge in [0.05, 0.1) is 16.8 Å². The van der Waals surface area contributed by atoms with E-state index in [1.807, 2.05) is 25.1 Å². The fraction of sp³-hybridized carbons (Fsp3) is 0.222. The van der Waals surface area contributed by atoms with Crippen LogP contribution >= 0.6 is 11.3 Å². The van der Waals surface area contributed by atoms with Crippen molar-refractivity contribution in [3.63, 3.8) is 0 Å². The number of carbonyl (C=O) groups excluding carboxylic acids is 1. The first-order valence-corrected chi connectivity index (χ1v) is 8.34. The number of fused-ring (bicyclic) bond motifs is 1. The summed E-state index contributed by atoms with van der Waals surface area (Å²) in [6, 6.07) is 12.1. The van der Waals surface area contributed by atoms with Gasteiger partial charge in [-0.3, -0.25) is 4.79 Å². The molecule has 0 bridgehead atoms. The number of hydrogen-bond donors (Lipinski definition) is 0. The molecule has 4 nitrogen and oxygen atoms in total. The monoisotopic (exact) mass is 344 g/mol. The molecule has 3 aromatic rings. The Balaban J connectivity index is 2.14. The Bertz CT molecular complexity index is 959. The number of nitrogens with zero attached hydrogens (tertiary/aromatic N) is 2. The van der Waals surface area contributed by atoms with E-state index < -0.39 is 0 Å². The Hall–Kier alpha value is -2.31. The third-order valence-electron chi connectivity index (χ3n) is 3.63. The Labute approximate surface area is 142 Å². The zero-order valence-electron chi connectivity index (χ0n) is 13.5. The number of methoxy groups -OCH3 is 1. The summed E-state index contributed by atoms with van der Waals surface area (Å²) >= 11 is 1.30. The number of carbonyl (C=O) groups is 1. The van der Waals surface area contributed by atoms with E-state index in [0.717, 1.165) is 10.3 Å². The lowest BCUT2D eigenvalue weighted by molar-refractivity contribution is 0.0997. The number of rotatable bonds is 4. The zero-order chi connectivity index (χ0) is 17.1. The number of para-hydroxylation sites is 1. The van der Waals surface area contributed by atoms with Gasteiger partial charge >= 0.3 is 0 Å². The van der Waals surface area contributed by atoms with Gasteiger partial charge < -0.3 is 9.30 Å². The molecule has 0 fully saturated rings. The van der Waals surface area contributed by atoms with E-state index >= 15 is 0 Å². The largest absolute Gasteiger partial charge is 0.383 e. The molecule has 2 aromatic carbocycles. The topological polar surface area (TPSA) is 43.6 Å². The fourth-order valence-corrected chi connectivity index (χ4v) is 3.56. The number of benzene rings is 2. The summed E-state index contributed by atoms with van der Waals surface area (Å²) in [5.41, 5.74) is 1.97. The molecule has 0 aliphatic rings. The van der Waals surface area contributed by atoms with Crippen LogP contribution in [-0.4, -0.2) is 24.2 Å². The maximum atomic E-state index is 14.2. The number of halogens is 1. The average molecular weight is 344 g/mol. The highest BCUT2D eigenvalue weighted by Gasteiger charge is 2.12. The average Bonchev–Trinajstić information content (AvgIpc) is 2.91. The number of thiazole rings is 1. The second-order valence-corrected chi connectivity index (χ2v) is 6.41. The zero-order valence-corrected chi connectivity index (χ0v) is 14.3. The lowest BCUT2D eigenvalue weighted by Gasteiger charge is -2.05. The van der Waals surface area contributed by atoms with Crippen molar-refractivity contribution in [2.45, 2.75) is 13.5 Å². The van der Waals surface area contributed by atoms with E-state index in [-0.39, 0.29) is 11.7 Å². The summed E-state index contributed by atoms with van der Waals surface area (Å²) in [6.45, 7) is 2.76. The van der Waals surface area contributed by atoms with E-state index in [1.165, 1.54) is 17.4 Å². The first-order chi connectivity index (χ1) is 11.6. The Morgan fingerprint density at radius 3 is 2.83 bits per heavy atom. The SMILES string of the molecule is COCCn1c(=NC(=O)c2cccc(C)c2)sc2cccc(F)c21. The molecule has 0 aliphatic heterocycles. The molecule has 1 heterocycles. The first kappa shape index (κ1) is 16.5. The highest BCUT2D eigenvalue weighted by molar-refractivity contribution is 7.16. The van der Waals surface area contributed by atoms with Crippen molar-refractivity contribution in [1.82, 2.24) is 4.57 Å². The minimum Gasteiger partial charge on any atom is -0.383 e. The van der Waals surface area contributed by atoms with Gasteiger partial charge in [0.15, 0.2) is 4.80 Å². The highest BCUT2D eigenvalue weighted by Crippen LogP contribution is 2.20. The van der Waals surface area contributed by atoms with Gasteiger partial charge in [-0.25, -0.2) is 4.39 Å². The second-order valence-electron chi connectivity index (χ2n) is 5.40. The van der Waals surface area contributed by atoms with Gasteiger partial charge in [0.1, 0.15) is 5.82 Å². The molecule has 1 aromatic heterocycles. The van der Waals surface area contributed by atoms with Crippen molar-refractivity contribution in [2.24, 2.45) is 4.99 Å². The Morgan fingerprint density at radius 1 is 1.29 bits per heavy atom. The molecule has 24 heavy (non-hydrogen) atoms. The van der Waals surface area contributed by atoms with Gasteiger partial charge in [0, 0.05) is 19.2 Å². The van der Waals surface area contributed by atoms with E-state index in [2.05, 4.69) is 4.99 Å². The second kappa shape index (κ2) is 7.07. The summed E-state index contributed by atoms with van der Waals surface area (Å²) in [4.78, 5) is 17.1. The van der Waals surface area contributed by atoms with Crippen molar-refractivity contribution in [2.75, 3.05) is 13.7 Å². The maximum absolute atomic E-state index is 14.2. The van der Waals surface area contributed by atoms with Gasteiger partial charge in [0.25, 0.3) is 5.91 Å². The van der Waals surface area contributed by atoms with Crippen LogP contribution in [0.5, 0.6) is 0 Å². The molecule has 0 N–H and O–H groups in total. The summed E-state index contributed by atoms with van der Waals surface area (Å²) in [6.07, 6.45) is 0. The maximum Gasteiger partial charge on any atom is 0.279 e. The number of aryl methyl sites for hydroxylation is 1. The standard InChI is InChI=1S/C18H17FN2O2S/c1-12-5-3-6-13(11-12)17(22)20-18-21(9-10-23-2)16-14(19)7-4-8-15(16)24-18/h3-8,11H,9-10H2,1-2H3. The van der Waals surface area contributed by atoms with E-state index in [4.69, 9.17) is 4.74 Å². The molecule has 6 heteroatoms. The molecule has 0 unspecified atom stereocenters. The van der Waals surface area contributed by atoms with Crippen molar-refractivity contribution in [3.8, 4) is 0 Å². The van der Waals surface area contributed by atoms with Crippen LogP contribution in [0.4, 0.5) is 4.39 Å². The molecular weight excluding hydrogens is 327 g/mol. The van der Waals surface area contributed by atoms with Gasteiger partial charge in [0.2, 0.25) is 0 Å². The molecule has 0 saturated heterocycles. The molecular formula is C18H17FN2O2S. The Morgan fingerprint density at radius 2 is 2.08 bits per heavy atom. The van der Waals surface area contributed by atoms with Crippen molar-refractivity contribution >= 4 is 27.5 Å².